The maximum atomic E-state index is 13.7. The summed E-state index contributed by atoms with van der Waals surface area (Å²) in [6.07, 6.45) is 6.89. The number of ketones is 1. The quantitative estimate of drug-likeness (QED) is 0.533. The van der Waals surface area contributed by atoms with Crippen LogP contribution in [0.2, 0.25) is 0 Å². The molecule has 4 heteroatoms. The molecule has 116 valence electrons. The number of carbonyl (C=O) groups excluding carboxylic acids is 1. The molecule has 2 rings (SSSR count). The smallest absolute Gasteiger partial charge is 0.168 e. The van der Waals surface area contributed by atoms with Gasteiger partial charge in [-0.15, -0.1) is 0 Å². The van der Waals surface area contributed by atoms with Gasteiger partial charge >= 0.3 is 0 Å². The molecule has 0 atom stereocenters. The van der Waals surface area contributed by atoms with Gasteiger partial charge in [-0.25, -0.2) is 13.2 Å². The van der Waals surface area contributed by atoms with Crippen LogP contribution in [0.3, 0.4) is 0 Å². The second-order valence-electron chi connectivity index (χ2n) is 5.97. The maximum absolute atomic E-state index is 13.7. The van der Waals surface area contributed by atoms with Gasteiger partial charge < -0.3 is 0 Å². The van der Waals surface area contributed by atoms with Gasteiger partial charge in [0, 0.05) is 12.0 Å². The summed E-state index contributed by atoms with van der Waals surface area (Å²) in [7, 11) is 0. The Hall–Kier alpha value is -1.32. The molecule has 0 N–H and O–H groups in total. The van der Waals surface area contributed by atoms with Crippen LogP contribution in [0.15, 0.2) is 12.1 Å². The Kier molecular flexibility index (Phi) is 5.43. The summed E-state index contributed by atoms with van der Waals surface area (Å²) >= 11 is 0. The fourth-order valence-corrected chi connectivity index (χ4v) is 3.14. The highest BCUT2D eigenvalue weighted by atomic mass is 19.2. The molecule has 0 aliphatic heterocycles. The van der Waals surface area contributed by atoms with Crippen LogP contribution < -0.4 is 0 Å². The molecule has 21 heavy (non-hydrogen) atoms. The van der Waals surface area contributed by atoms with E-state index in [-0.39, 0.29) is 17.3 Å². The molecule has 1 fully saturated rings. The lowest BCUT2D eigenvalue weighted by atomic mass is 9.77. The van der Waals surface area contributed by atoms with Gasteiger partial charge in [0.25, 0.3) is 0 Å². The van der Waals surface area contributed by atoms with Gasteiger partial charge in [-0.3, -0.25) is 4.79 Å². The number of halogens is 3. The van der Waals surface area contributed by atoms with Crippen LogP contribution in [0.1, 0.15) is 62.2 Å². The first-order chi connectivity index (χ1) is 10.0. The van der Waals surface area contributed by atoms with E-state index in [1.807, 2.05) is 0 Å². The van der Waals surface area contributed by atoms with E-state index < -0.39 is 17.5 Å². The molecule has 1 aliphatic carbocycles. The molecule has 0 saturated heterocycles. The summed E-state index contributed by atoms with van der Waals surface area (Å²) in [6, 6.07) is 1.14. The largest absolute Gasteiger partial charge is 0.294 e. The molecule has 1 aliphatic rings. The third-order valence-corrected chi connectivity index (χ3v) is 4.46. The van der Waals surface area contributed by atoms with Crippen LogP contribution in [-0.4, -0.2) is 5.78 Å². The summed E-state index contributed by atoms with van der Waals surface area (Å²) in [5, 5.41) is 0. The molecule has 0 bridgehead atoms. The molecular weight excluding hydrogens is 277 g/mol. The average molecular weight is 298 g/mol. The standard InChI is InChI=1S/C17H21F3O/c1-2-3-4-11-5-7-12(8-6-11)17(21)13-9-15(19)16(20)10-14(13)18/h9-12H,2-8H2,1H3. The van der Waals surface area contributed by atoms with Crippen molar-refractivity contribution in [2.75, 3.05) is 0 Å². The molecular formula is C17H21F3O. The van der Waals surface area contributed by atoms with E-state index in [1.54, 1.807) is 0 Å². The first-order valence-electron chi connectivity index (χ1n) is 7.71. The minimum Gasteiger partial charge on any atom is -0.294 e. The van der Waals surface area contributed by atoms with Gasteiger partial charge in [0.05, 0.1) is 5.56 Å². The highest BCUT2D eigenvalue weighted by Crippen LogP contribution is 2.34. The Balaban J connectivity index is 2.00. The van der Waals surface area contributed by atoms with Gasteiger partial charge in [0.2, 0.25) is 0 Å². The third-order valence-electron chi connectivity index (χ3n) is 4.46. The zero-order valence-corrected chi connectivity index (χ0v) is 12.3. The monoisotopic (exact) mass is 298 g/mol. The molecule has 1 aromatic rings. The number of hydrogen-bond donors (Lipinski definition) is 0. The fourth-order valence-electron chi connectivity index (χ4n) is 3.14. The van der Waals surface area contributed by atoms with Crippen molar-refractivity contribution in [2.24, 2.45) is 11.8 Å². The summed E-state index contributed by atoms with van der Waals surface area (Å²) in [5.41, 5.74) is -0.314. The topological polar surface area (TPSA) is 17.1 Å². The van der Waals surface area contributed by atoms with Crippen molar-refractivity contribution in [3.63, 3.8) is 0 Å². The lowest BCUT2D eigenvalue weighted by Crippen LogP contribution is -2.23. The van der Waals surface area contributed by atoms with Crippen LogP contribution >= 0.6 is 0 Å². The van der Waals surface area contributed by atoms with Crippen molar-refractivity contribution in [1.82, 2.24) is 0 Å². The molecule has 1 nitrogen and oxygen atoms in total. The lowest BCUT2D eigenvalue weighted by Gasteiger charge is -2.27. The van der Waals surface area contributed by atoms with Gasteiger partial charge in [0.15, 0.2) is 17.4 Å². The second kappa shape index (κ2) is 7.10. The van der Waals surface area contributed by atoms with Crippen molar-refractivity contribution < 1.29 is 18.0 Å². The second-order valence-corrected chi connectivity index (χ2v) is 5.97. The van der Waals surface area contributed by atoms with Crippen LogP contribution in [0, 0.1) is 29.3 Å². The van der Waals surface area contributed by atoms with Crippen molar-refractivity contribution in [3.05, 3.63) is 35.1 Å². The van der Waals surface area contributed by atoms with E-state index in [9.17, 15) is 18.0 Å². The van der Waals surface area contributed by atoms with Crippen molar-refractivity contribution in [2.45, 2.75) is 51.9 Å². The molecule has 1 aromatic carbocycles. The van der Waals surface area contributed by atoms with E-state index in [0.717, 1.165) is 12.8 Å². The molecule has 0 unspecified atom stereocenters. The Morgan fingerprint density at radius 3 is 2.29 bits per heavy atom. The van der Waals surface area contributed by atoms with Crippen LogP contribution in [0.5, 0.6) is 0 Å². The number of benzene rings is 1. The molecule has 0 aromatic heterocycles. The number of rotatable bonds is 5. The van der Waals surface area contributed by atoms with Crippen LogP contribution in [-0.2, 0) is 0 Å². The highest BCUT2D eigenvalue weighted by Gasteiger charge is 2.29. The number of carbonyl (C=O) groups is 1. The first-order valence-corrected chi connectivity index (χ1v) is 7.71. The van der Waals surface area contributed by atoms with E-state index in [0.29, 0.717) is 30.9 Å². The first kappa shape index (κ1) is 16.1. The van der Waals surface area contributed by atoms with E-state index in [4.69, 9.17) is 0 Å². The highest BCUT2D eigenvalue weighted by molar-refractivity contribution is 5.98. The van der Waals surface area contributed by atoms with Gasteiger partial charge in [-0.2, -0.15) is 0 Å². The third kappa shape index (κ3) is 3.86. The normalized spacial score (nSPS) is 22.3. The number of Topliss-reactive ketones (excluding diaryl/α,β-unsaturated/α-hetero) is 1. The predicted octanol–water partition coefficient (Wildman–Crippen LogP) is 5.28. The lowest BCUT2D eigenvalue weighted by molar-refractivity contribution is 0.0864. The number of hydrogen-bond acceptors (Lipinski definition) is 1. The van der Waals surface area contributed by atoms with E-state index in [1.165, 1.54) is 19.3 Å². The van der Waals surface area contributed by atoms with E-state index >= 15 is 0 Å². The molecule has 0 heterocycles. The summed E-state index contributed by atoms with van der Waals surface area (Å²) < 4.78 is 39.8. The van der Waals surface area contributed by atoms with Crippen molar-refractivity contribution in [3.8, 4) is 0 Å². The molecule has 0 amide bonds. The minimum atomic E-state index is -1.26. The minimum absolute atomic E-state index is 0.262. The SMILES string of the molecule is CCCCC1CCC(C(=O)c2cc(F)c(F)cc2F)CC1. The molecule has 0 radical (unpaired) electrons. The Morgan fingerprint density at radius 2 is 1.67 bits per heavy atom. The van der Waals surface area contributed by atoms with Crippen LogP contribution in [0.4, 0.5) is 13.2 Å². The van der Waals surface area contributed by atoms with Gasteiger partial charge in [-0.05, 0) is 37.7 Å². The van der Waals surface area contributed by atoms with Gasteiger partial charge in [0.1, 0.15) is 5.82 Å². The summed E-state index contributed by atoms with van der Waals surface area (Å²) in [5.74, 6) is -3.40. The number of unbranched alkanes of at least 4 members (excludes halogenated alkanes) is 1. The molecule has 0 spiro atoms. The Morgan fingerprint density at radius 1 is 1.05 bits per heavy atom. The summed E-state index contributed by atoms with van der Waals surface area (Å²) in [6.45, 7) is 2.15. The van der Waals surface area contributed by atoms with Gasteiger partial charge in [-0.1, -0.05) is 26.2 Å². The predicted molar refractivity (Wildman–Crippen MR) is 75.6 cm³/mol. The zero-order valence-electron chi connectivity index (χ0n) is 12.3. The zero-order chi connectivity index (χ0) is 15.4. The summed E-state index contributed by atoms with van der Waals surface area (Å²) in [4.78, 5) is 12.3. The Bertz CT molecular complexity index is 505. The van der Waals surface area contributed by atoms with Crippen molar-refractivity contribution in [1.29, 1.82) is 0 Å². The van der Waals surface area contributed by atoms with Crippen LogP contribution in [0.25, 0.3) is 0 Å². The van der Waals surface area contributed by atoms with E-state index in [2.05, 4.69) is 6.92 Å². The fraction of sp³-hybridized carbons (Fsp3) is 0.588. The Labute approximate surface area is 123 Å². The maximum Gasteiger partial charge on any atom is 0.168 e. The van der Waals surface area contributed by atoms with Crippen molar-refractivity contribution >= 4 is 5.78 Å². The average Bonchev–Trinajstić information content (AvgIpc) is 2.48. The molecule has 1 saturated carbocycles.